The molecule has 0 aliphatic carbocycles. The minimum absolute atomic E-state index is 0.0558. The average Bonchev–Trinajstić information content (AvgIpc) is 3.06. The molecule has 0 radical (unpaired) electrons. The number of ether oxygens (including phenoxy) is 1. The van der Waals surface area contributed by atoms with Crippen molar-refractivity contribution >= 4 is 17.2 Å². The maximum Gasteiger partial charge on any atom is 0.273 e. The first kappa shape index (κ1) is 17.4. The molecule has 2 aromatic heterocycles. The molecule has 2 aliphatic heterocycles. The predicted octanol–water partition coefficient (Wildman–Crippen LogP) is 2.46. The Morgan fingerprint density at radius 2 is 2.27 bits per heavy atom. The number of aryl methyl sites for hydroxylation is 1. The fourth-order valence-electron chi connectivity index (χ4n) is 3.99. The molecule has 6 nitrogen and oxygen atoms in total. The zero-order chi connectivity index (χ0) is 18.1. The van der Waals surface area contributed by atoms with Crippen LogP contribution in [0.15, 0.2) is 29.8 Å². The van der Waals surface area contributed by atoms with Crippen molar-refractivity contribution in [2.45, 2.75) is 25.3 Å². The molecule has 2 aliphatic rings. The summed E-state index contributed by atoms with van der Waals surface area (Å²) in [6, 6.07) is 5.72. The van der Waals surface area contributed by atoms with Crippen molar-refractivity contribution in [1.82, 2.24) is 19.8 Å². The molecule has 2 saturated heterocycles. The lowest BCUT2D eigenvalue weighted by molar-refractivity contribution is -0.0697. The van der Waals surface area contributed by atoms with Crippen molar-refractivity contribution in [3.63, 3.8) is 0 Å². The number of likely N-dealkylation sites (tertiary alicyclic amines) is 2. The highest BCUT2D eigenvalue weighted by atomic mass is 32.1. The normalized spacial score (nSPS) is 22.2. The van der Waals surface area contributed by atoms with Crippen LogP contribution >= 0.6 is 11.3 Å². The van der Waals surface area contributed by atoms with E-state index in [0.717, 1.165) is 37.5 Å². The van der Waals surface area contributed by atoms with E-state index in [9.17, 15) is 4.79 Å². The standard InChI is InChI=1S/C19H24N4O2S/c1-14-21-16(11-26-14)18(24)23-12-19(13-23)9-15(6-8-22(19)2)10-25-17-5-3-4-7-20-17/h3-5,7,11,15H,6,8-10,12-13H2,1-2H3/t15-/m0/s1. The summed E-state index contributed by atoms with van der Waals surface area (Å²) >= 11 is 1.53. The third-order valence-corrected chi connectivity index (χ3v) is 6.33. The molecular weight excluding hydrogens is 348 g/mol. The van der Waals surface area contributed by atoms with Gasteiger partial charge in [-0.1, -0.05) is 6.07 Å². The van der Waals surface area contributed by atoms with Crippen LogP contribution in [0.4, 0.5) is 0 Å². The molecule has 0 aromatic carbocycles. The van der Waals surface area contributed by atoms with E-state index in [1.807, 2.05) is 35.4 Å². The topological polar surface area (TPSA) is 58.6 Å². The fraction of sp³-hybridized carbons (Fsp3) is 0.526. The largest absolute Gasteiger partial charge is 0.477 e. The number of pyridine rings is 1. The van der Waals surface area contributed by atoms with E-state index in [0.29, 0.717) is 24.1 Å². The van der Waals surface area contributed by atoms with Crippen LogP contribution in [0.5, 0.6) is 5.88 Å². The van der Waals surface area contributed by atoms with E-state index in [4.69, 9.17) is 4.74 Å². The Morgan fingerprint density at radius 1 is 1.42 bits per heavy atom. The molecule has 4 rings (SSSR count). The second kappa shape index (κ2) is 6.96. The molecular formula is C19H24N4O2S. The highest BCUT2D eigenvalue weighted by molar-refractivity contribution is 7.09. The van der Waals surface area contributed by atoms with Gasteiger partial charge < -0.3 is 9.64 Å². The van der Waals surface area contributed by atoms with Gasteiger partial charge in [-0.2, -0.15) is 0 Å². The van der Waals surface area contributed by atoms with Gasteiger partial charge in [-0.05, 0) is 45.3 Å². The van der Waals surface area contributed by atoms with Crippen molar-refractivity contribution in [1.29, 1.82) is 0 Å². The SMILES string of the molecule is Cc1nc(C(=O)N2CC3(C[C@@H](COc4ccccn4)CCN3C)C2)cs1. The maximum absolute atomic E-state index is 12.6. The molecule has 2 fully saturated rings. The number of likely N-dealkylation sites (N-methyl/N-ethyl adjacent to an activating group) is 1. The van der Waals surface area contributed by atoms with Crippen LogP contribution in [0.25, 0.3) is 0 Å². The first-order chi connectivity index (χ1) is 12.6. The average molecular weight is 372 g/mol. The Bertz CT molecular complexity index is 773. The molecule has 26 heavy (non-hydrogen) atoms. The fourth-order valence-corrected chi connectivity index (χ4v) is 4.58. The van der Waals surface area contributed by atoms with E-state index in [1.165, 1.54) is 11.3 Å². The van der Waals surface area contributed by atoms with Crippen LogP contribution in [-0.4, -0.2) is 64.5 Å². The van der Waals surface area contributed by atoms with Gasteiger partial charge in [0.25, 0.3) is 5.91 Å². The number of thiazole rings is 1. The van der Waals surface area contributed by atoms with Gasteiger partial charge in [0.05, 0.1) is 17.2 Å². The summed E-state index contributed by atoms with van der Waals surface area (Å²) in [5.74, 6) is 1.23. The zero-order valence-electron chi connectivity index (χ0n) is 15.2. The van der Waals surface area contributed by atoms with E-state index in [2.05, 4.69) is 21.9 Å². The number of piperidine rings is 1. The molecule has 7 heteroatoms. The molecule has 1 spiro atoms. The van der Waals surface area contributed by atoms with Gasteiger partial charge >= 0.3 is 0 Å². The first-order valence-electron chi connectivity index (χ1n) is 9.02. The lowest BCUT2D eigenvalue weighted by Gasteiger charge is -2.58. The summed E-state index contributed by atoms with van der Waals surface area (Å²) in [5, 5.41) is 2.79. The van der Waals surface area contributed by atoms with Crippen molar-refractivity contribution in [2.24, 2.45) is 5.92 Å². The molecule has 1 amide bonds. The van der Waals surface area contributed by atoms with Gasteiger partial charge in [-0.15, -0.1) is 11.3 Å². The highest BCUT2D eigenvalue weighted by Crippen LogP contribution is 2.39. The number of aromatic nitrogens is 2. The number of carbonyl (C=O) groups excluding carboxylic acids is 1. The van der Waals surface area contributed by atoms with Crippen molar-refractivity contribution in [3.05, 3.63) is 40.5 Å². The predicted molar refractivity (Wildman–Crippen MR) is 101 cm³/mol. The third-order valence-electron chi connectivity index (χ3n) is 5.55. The van der Waals surface area contributed by atoms with Gasteiger partial charge in [-0.25, -0.2) is 9.97 Å². The van der Waals surface area contributed by atoms with E-state index in [-0.39, 0.29) is 11.4 Å². The van der Waals surface area contributed by atoms with Crippen LogP contribution in [0.3, 0.4) is 0 Å². The van der Waals surface area contributed by atoms with E-state index < -0.39 is 0 Å². The molecule has 2 aromatic rings. The van der Waals surface area contributed by atoms with Crippen LogP contribution < -0.4 is 4.74 Å². The van der Waals surface area contributed by atoms with Crippen LogP contribution in [0.1, 0.15) is 28.3 Å². The van der Waals surface area contributed by atoms with Crippen LogP contribution in [-0.2, 0) is 0 Å². The number of hydrogen-bond acceptors (Lipinski definition) is 6. The zero-order valence-corrected chi connectivity index (χ0v) is 16.0. The number of carbonyl (C=O) groups is 1. The summed E-state index contributed by atoms with van der Waals surface area (Å²) in [5.41, 5.74) is 0.660. The molecule has 138 valence electrons. The summed E-state index contributed by atoms with van der Waals surface area (Å²) in [6.07, 6.45) is 3.92. The highest BCUT2D eigenvalue weighted by Gasteiger charge is 2.51. The quantitative estimate of drug-likeness (QED) is 0.825. The van der Waals surface area contributed by atoms with Crippen molar-refractivity contribution < 1.29 is 9.53 Å². The Morgan fingerprint density at radius 3 is 2.96 bits per heavy atom. The minimum Gasteiger partial charge on any atom is -0.477 e. The van der Waals surface area contributed by atoms with Crippen molar-refractivity contribution in [3.8, 4) is 5.88 Å². The molecule has 4 heterocycles. The van der Waals surface area contributed by atoms with Gasteiger partial charge in [0.1, 0.15) is 5.69 Å². The first-order valence-corrected chi connectivity index (χ1v) is 9.90. The van der Waals surface area contributed by atoms with Gasteiger partial charge in [0, 0.05) is 30.7 Å². The smallest absolute Gasteiger partial charge is 0.273 e. The van der Waals surface area contributed by atoms with Gasteiger partial charge in [0.15, 0.2) is 0 Å². The Hall–Kier alpha value is -1.99. The number of nitrogens with zero attached hydrogens (tertiary/aromatic N) is 4. The summed E-state index contributed by atoms with van der Waals surface area (Å²) in [7, 11) is 2.17. The number of amides is 1. The van der Waals surface area contributed by atoms with Gasteiger partial charge in [-0.3, -0.25) is 9.69 Å². The molecule has 1 atom stereocenters. The number of rotatable bonds is 4. The van der Waals surface area contributed by atoms with Crippen LogP contribution in [0, 0.1) is 12.8 Å². The molecule has 0 N–H and O–H groups in total. The molecule has 0 saturated carbocycles. The maximum atomic E-state index is 12.6. The second-order valence-corrected chi connectivity index (χ2v) is 8.46. The summed E-state index contributed by atoms with van der Waals surface area (Å²) in [4.78, 5) is 25.5. The Balaban J connectivity index is 1.35. The van der Waals surface area contributed by atoms with Gasteiger partial charge in [0.2, 0.25) is 5.88 Å². The lowest BCUT2D eigenvalue weighted by atomic mass is 9.75. The van der Waals surface area contributed by atoms with E-state index in [1.54, 1.807) is 6.20 Å². The summed E-state index contributed by atoms with van der Waals surface area (Å²) < 4.78 is 5.87. The minimum atomic E-state index is 0.0558. The summed E-state index contributed by atoms with van der Waals surface area (Å²) in [6.45, 7) is 5.21. The number of hydrogen-bond donors (Lipinski definition) is 0. The lowest BCUT2D eigenvalue weighted by Crippen LogP contribution is -2.72. The molecule has 0 bridgehead atoms. The molecule has 0 unspecified atom stereocenters. The third kappa shape index (κ3) is 3.33. The Kier molecular flexibility index (Phi) is 4.67. The Labute approximate surface area is 157 Å². The second-order valence-electron chi connectivity index (χ2n) is 7.40. The van der Waals surface area contributed by atoms with E-state index >= 15 is 0 Å². The monoisotopic (exact) mass is 372 g/mol. The van der Waals surface area contributed by atoms with Crippen molar-refractivity contribution in [2.75, 3.05) is 33.3 Å². The van der Waals surface area contributed by atoms with Crippen LogP contribution in [0.2, 0.25) is 0 Å².